The number of carbonyl (C=O) groups excluding carboxylic acids is 9. The highest BCUT2D eigenvalue weighted by molar-refractivity contribution is 5.99. The fraction of sp³-hybridized carbons (Fsp3) is 0.755. The molecule has 74 heavy (non-hydrogen) atoms. The van der Waals surface area contributed by atoms with E-state index in [1.54, 1.807) is 83.1 Å². The van der Waals surface area contributed by atoms with E-state index in [-0.39, 0.29) is 13.0 Å². The quantitative estimate of drug-likeness (QED) is 0.0398. The molecule has 1 aliphatic rings. The summed E-state index contributed by atoms with van der Waals surface area (Å²) in [4.78, 5) is 160. The molecule has 0 saturated carbocycles. The molecule has 25 nitrogen and oxygen atoms in total. The number of amides is 9. The molecule has 0 radical (unpaired) electrons. The highest BCUT2D eigenvalue weighted by Gasteiger charge is 2.42. The van der Waals surface area contributed by atoms with Gasteiger partial charge in [0.05, 0.1) is 6.54 Å². The Bertz CT molecular complexity index is 2000. The highest BCUT2D eigenvalue weighted by atomic mass is 16.4. The van der Waals surface area contributed by atoms with Crippen molar-refractivity contribution in [3.8, 4) is 0 Å². The Morgan fingerprint density at radius 1 is 0.486 bits per heavy atom. The molecule has 11 atom stereocenters. The number of hydrogen-bond acceptors (Lipinski definition) is 13. The second kappa shape index (κ2) is 31.4. The monoisotopic (exact) mass is 1050 g/mol. The zero-order chi connectivity index (χ0) is 56.9. The van der Waals surface area contributed by atoms with Gasteiger partial charge in [0.15, 0.2) is 0 Å². The zero-order valence-electron chi connectivity index (χ0n) is 45.0. The van der Waals surface area contributed by atoms with Crippen molar-refractivity contribution in [2.24, 2.45) is 41.2 Å². The van der Waals surface area contributed by atoms with Crippen molar-refractivity contribution < 1.29 is 72.9 Å². The number of hydrogen-bond donors (Lipinski definition) is 12. The Labute approximate surface area is 433 Å². The van der Waals surface area contributed by atoms with Crippen LogP contribution in [0.5, 0.6) is 0 Å². The van der Waals surface area contributed by atoms with E-state index >= 15 is 0 Å². The molecule has 0 aromatic rings. The molecule has 1 heterocycles. The van der Waals surface area contributed by atoms with Gasteiger partial charge in [0.2, 0.25) is 53.2 Å². The summed E-state index contributed by atoms with van der Waals surface area (Å²) in [6, 6.07) is -11.8. The Hall–Kier alpha value is -6.40. The van der Waals surface area contributed by atoms with Gasteiger partial charge in [-0.1, -0.05) is 95.9 Å². The van der Waals surface area contributed by atoms with Gasteiger partial charge >= 0.3 is 17.9 Å². The van der Waals surface area contributed by atoms with Crippen LogP contribution in [0.25, 0.3) is 0 Å². The lowest BCUT2D eigenvalue weighted by Gasteiger charge is -2.33. The van der Waals surface area contributed by atoms with Crippen molar-refractivity contribution in [3.63, 3.8) is 0 Å². The standard InChI is InChI=1S/C49H84N10O15/c1-13-27(11)39(53-32(60)22-50)47(71)52-30(18-20-34(63)64)42(66)54-36(24(5)6)45(69)56-35(23(3)4)44(68)51-29(17-19-33(61)62)41(65)55-37(25(7)8)46(70)57-38(26(9)10)48(72)59-21-15-16-31(59)43(67)58-40(49(73)74)28(12)14-2/h23-31,35-40H,13-22,50H2,1-12H3,(H,51,68)(H,52,71)(H,53,60)(H,54,66)(H,55,65)(H,56,69)(H,57,70)(H,58,67)(H,61,62)(H,63,64)(H,73,74)/t27-,28-,29-,30-,31-,35-,36-,37-,38-,39-,40-/m0/s1. The summed E-state index contributed by atoms with van der Waals surface area (Å²) >= 11 is 0. The number of nitrogens with two attached hydrogens (primary N) is 1. The Balaban J connectivity index is 3.40. The van der Waals surface area contributed by atoms with Crippen molar-refractivity contribution in [1.82, 2.24) is 47.4 Å². The number of aliphatic carboxylic acids is 3. The number of nitrogens with one attached hydrogen (secondary N) is 8. The molecular formula is C49H84N10O15. The van der Waals surface area contributed by atoms with Crippen LogP contribution in [-0.4, -0.2) is 159 Å². The van der Waals surface area contributed by atoms with Crippen LogP contribution in [0, 0.1) is 35.5 Å². The van der Waals surface area contributed by atoms with Crippen LogP contribution in [0.3, 0.4) is 0 Å². The molecule has 1 saturated heterocycles. The molecule has 1 rings (SSSR count). The van der Waals surface area contributed by atoms with Gasteiger partial charge in [0.1, 0.15) is 54.4 Å². The number of likely N-dealkylation sites (tertiary alicyclic amines) is 1. The van der Waals surface area contributed by atoms with Gasteiger partial charge in [0.25, 0.3) is 0 Å². The molecule has 0 aliphatic carbocycles. The largest absolute Gasteiger partial charge is 0.481 e. The maximum atomic E-state index is 14.1. The van der Waals surface area contributed by atoms with Crippen molar-refractivity contribution in [3.05, 3.63) is 0 Å². The Morgan fingerprint density at radius 2 is 0.851 bits per heavy atom. The third-order valence-electron chi connectivity index (χ3n) is 13.1. The van der Waals surface area contributed by atoms with E-state index in [9.17, 15) is 72.9 Å². The van der Waals surface area contributed by atoms with Crippen LogP contribution in [0.15, 0.2) is 0 Å². The van der Waals surface area contributed by atoms with E-state index in [0.29, 0.717) is 19.3 Å². The minimum atomic E-state index is -1.59. The van der Waals surface area contributed by atoms with Crippen molar-refractivity contribution in [2.45, 2.75) is 189 Å². The first kappa shape index (κ1) is 65.6. The predicted molar refractivity (Wildman–Crippen MR) is 269 cm³/mol. The van der Waals surface area contributed by atoms with E-state index in [2.05, 4.69) is 42.5 Å². The topological polar surface area (TPSA) is 391 Å². The average molecular weight is 1050 g/mol. The minimum absolute atomic E-state index is 0.157. The molecule has 0 bridgehead atoms. The van der Waals surface area contributed by atoms with Crippen molar-refractivity contribution in [1.29, 1.82) is 0 Å². The number of rotatable bonds is 32. The summed E-state index contributed by atoms with van der Waals surface area (Å²) < 4.78 is 0. The van der Waals surface area contributed by atoms with Gasteiger partial charge in [-0.25, -0.2) is 4.79 Å². The van der Waals surface area contributed by atoms with Crippen LogP contribution in [0.4, 0.5) is 0 Å². The molecule has 13 N–H and O–H groups in total. The molecule has 0 aromatic carbocycles. The molecule has 1 aliphatic heterocycles. The molecule has 25 heteroatoms. The van der Waals surface area contributed by atoms with Gasteiger partial charge in [-0.05, 0) is 61.2 Å². The number of nitrogens with zero attached hydrogens (tertiary/aromatic N) is 1. The maximum absolute atomic E-state index is 14.1. The van der Waals surface area contributed by atoms with Crippen LogP contribution in [0.2, 0.25) is 0 Å². The van der Waals surface area contributed by atoms with E-state index in [0.717, 1.165) is 0 Å². The molecule has 0 spiro atoms. The molecular weight excluding hydrogens is 969 g/mol. The second-order valence-corrected chi connectivity index (χ2v) is 20.4. The molecule has 0 unspecified atom stereocenters. The second-order valence-electron chi connectivity index (χ2n) is 20.4. The number of carbonyl (C=O) groups is 12. The third kappa shape index (κ3) is 20.5. The average Bonchev–Trinajstić information content (AvgIpc) is 3.83. The van der Waals surface area contributed by atoms with E-state index in [1.165, 1.54) is 4.90 Å². The van der Waals surface area contributed by atoms with Gasteiger partial charge in [-0.2, -0.15) is 0 Å². The lowest BCUT2D eigenvalue weighted by atomic mass is 9.97. The first-order chi connectivity index (χ1) is 34.4. The molecule has 9 amide bonds. The van der Waals surface area contributed by atoms with Crippen LogP contribution >= 0.6 is 0 Å². The summed E-state index contributed by atoms with van der Waals surface area (Å²) in [7, 11) is 0. The molecule has 0 aromatic heterocycles. The smallest absolute Gasteiger partial charge is 0.326 e. The van der Waals surface area contributed by atoms with Gasteiger partial charge in [0, 0.05) is 19.4 Å². The number of carboxylic acid groups (broad SMARTS) is 3. The van der Waals surface area contributed by atoms with Crippen LogP contribution in [0.1, 0.15) is 134 Å². The van der Waals surface area contributed by atoms with Gasteiger partial charge in [-0.15, -0.1) is 0 Å². The Kier molecular flexibility index (Phi) is 27.8. The molecule has 420 valence electrons. The summed E-state index contributed by atoms with van der Waals surface area (Å²) in [5, 5.41) is 49.2. The summed E-state index contributed by atoms with van der Waals surface area (Å²) in [6.45, 7) is 19.4. The first-order valence-electron chi connectivity index (χ1n) is 25.5. The SMILES string of the molecule is CC[C@H](C)[C@H](NC(=O)[C@@H]1CCCN1C(=O)[C@@H](NC(=O)[C@@H](NC(=O)[C@H](CCC(=O)O)NC(=O)[C@@H](NC(=O)[C@@H](NC(=O)[C@H](CCC(=O)O)NC(=O)[C@@H](NC(=O)CN)[C@@H](C)CC)C(C)C)C(C)C)C(C)C)C(C)C)C(=O)O. The zero-order valence-corrected chi connectivity index (χ0v) is 45.0. The number of carboxylic acids is 3. The van der Waals surface area contributed by atoms with Crippen LogP contribution < -0.4 is 48.3 Å². The lowest BCUT2D eigenvalue weighted by molar-refractivity contribution is -0.146. The fourth-order valence-corrected chi connectivity index (χ4v) is 8.06. The van der Waals surface area contributed by atoms with Gasteiger partial charge < -0.3 is 68.5 Å². The van der Waals surface area contributed by atoms with Crippen LogP contribution in [-0.2, 0) is 57.5 Å². The van der Waals surface area contributed by atoms with E-state index in [4.69, 9.17) is 5.73 Å². The maximum Gasteiger partial charge on any atom is 0.326 e. The summed E-state index contributed by atoms with van der Waals surface area (Å²) in [5.74, 6) is -14.4. The molecule has 1 fully saturated rings. The fourth-order valence-electron chi connectivity index (χ4n) is 8.06. The lowest BCUT2D eigenvalue weighted by Crippen LogP contribution is -2.62. The predicted octanol–water partition coefficient (Wildman–Crippen LogP) is -0.655. The van der Waals surface area contributed by atoms with E-state index in [1.807, 2.05) is 0 Å². The summed E-state index contributed by atoms with van der Waals surface area (Å²) in [6.07, 6.45) is -0.459. The summed E-state index contributed by atoms with van der Waals surface area (Å²) in [5.41, 5.74) is 5.43. The van der Waals surface area contributed by atoms with Crippen molar-refractivity contribution in [2.75, 3.05) is 13.1 Å². The highest BCUT2D eigenvalue weighted by Crippen LogP contribution is 2.22. The van der Waals surface area contributed by atoms with Gasteiger partial charge in [-0.3, -0.25) is 52.7 Å². The Morgan fingerprint density at radius 3 is 1.22 bits per heavy atom. The first-order valence-corrected chi connectivity index (χ1v) is 25.5. The van der Waals surface area contributed by atoms with Crippen molar-refractivity contribution >= 4 is 71.1 Å². The van der Waals surface area contributed by atoms with E-state index < -0.39 is 193 Å². The third-order valence-corrected chi connectivity index (χ3v) is 13.1. The normalized spacial score (nSPS) is 17.5. The minimum Gasteiger partial charge on any atom is -0.481 e.